The molecule has 0 amide bonds. The first-order valence-corrected chi connectivity index (χ1v) is 5.05. The molecule has 0 aliphatic rings. The molecule has 1 aromatic rings. The fourth-order valence-corrected chi connectivity index (χ4v) is 1.73. The van der Waals surface area contributed by atoms with Crippen molar-refractivity contribution in [3.05, 3.63) is 34.1 Å². The largest absolute Gasteiger partial charge is 0.481 e. The Kier molecular flexibility index (Phi) is 4.07. The Morgan fingerprint density at radius 2 is 2.21 bits per heavy atom. The molecule has 0 aromatic heterocycles. The van der Waals surface area contributed by atoms with Crippen molar-refractivity contribution in [2.24, 2.45) is 0 Å². The fraction of sp³-hybridized carbons (Fsp3) is 0.300. The molecule has 0 heterocycles. The normalized spacial score (nSPS) is 10.1. The van der Waals surface area contributed by atoms with Crippen molar-refractivity contribution in [1.29, 1.82) is 0 Å². The predicted octanol–water partition coefficient (Wildman–Crippen LogP) is 3.00. The van der Waals surface area contributed by atoms with E-state index in [1.165, 1.54) is 6.07 Å². The van der Waals surface area contributed by atoms with Crippen molar-refractivity contribution in [3.8, 4) is 0 Å². The zero-order valence-electron chi connectivity index (χ0n) is 7.46. The summed E-state index contributed by atoms with van der Waals surface area (Å²) in [6.07, 6.45) is 0.967. The summed E-state index contributed by atoms with van der Waals surface area (Å²) in [5, 5.41) is 8.42. The number of carboxylic acid groups (broad SMARTS) is 1. The molecule has 1 rings (SSSR count). The van der Waals surface area contributed by atoms with Gasteiger partial charge in [-0.15, -0.1) is 0 Å². The molecular formula is C10H10BrFO2. The summed E-state index contributed by atoms with van der Waals surface area (Å²) in [7, 11) is 0. The fourth-order valence-electron chi connectivity index (χ4n) is 1.19. The van der Waals surface area contributed by atoms with Gasteiger partial charge in [0.2, 0.25) is 0 Å². The Balaban J connectivity index is 2.62. The van der Waals surface area contributed by atoms with Gasteiger partial charge in [0.1, 0.15) is 5.82 Å². The number of carboxylic acids is 1. The van der Waals surface area contributed by atoms with E-state index in [0.29, 0.717) is 22.9 Å². The summed E-state index contributed by atoms with van der Waals surface area (Å²) in [6, 6.07) is 4.74. The second kappa shape index (κ2) is 5.10. The van der Waals surface area contributed by atoms with Crippen LogP contribution in [0.4, 0.5) is 4.39 Å². The lowest BCUT2D eigenvalue weighted by Gasteiger charge is -2.04. The van der Waals surface area contributed by atoms with Crippen LogP contribution in [0.5, 0.6) is 0 Å². The molecule has 0 fully saturated rings. The molecule has 0 saturated heterocycles. The van der Waals surface area contributed by atoms with E-state index in [2.05, 4.69) is 15.9 Å². The molecule has 14 heavy (non-hydrogen) atoms. The molecule has 0 saturated carbocycles. The predicted molar refractivity (Wildman–Crippen MR) is 54.7 cm³/mol. The highest BCUT2D eigenvalue weighted by Crippen LogP contribution is 2.21. The molecule has 0 radical (unpaired) electrons. The molecule has 0 aliphatic heterocycles. The van der Waals surface area contributed by atoms with Crippen molar-refractivity contribution in [3.63, 3.8) is 0 Å². The summed E-state index contributed by atoms with van der Waals surface area (Å²) >= 11 is 3.23. The van der Waals surface area contributed by atoms with Gasteiger partial charge in [0, 0.05) is 16.5 Å². The minimum absolute atomic E-state index is 0.0702. The first-order chi connectivity index (χ1) is 6.61. The first-order valence-electron chi connectivity index (χ1n) is 4.26. The quantitative estimate of drug-likeness (QED) is 0.904. The van der Waals surface area contributed by atoms with Gasteiger partial charge in [0.05, 0.1) is 0 Å². The van der Waals surface area contributed by atoms with Gasteiger partial charge in [0.15, 0.2) is 0 Å². The highest BCUT2D eigenvalue weighted by molar-refractivity contribution is 9.10. The van der Waals surface area contributed by atoms with E-state index in [1.54, 1.807) is 12.1 Å². The van der Waals surface area contributed by atoms with E-state index in [1.807, 2.05) is 0 Å². The van der Waals surface area contributed by atoms with Crippen LogP contribution >= 0.6 is 15.9 Å². The van der Waals surface area contributed by atoms with Gasteiger partial charge in [-0.25, -0.2) is 4.39 Å². The molecule has 0 atom stereocenters. The standard InChI is InChI=1S/C10H10BrFO2/c11-8-4-2-5-9(12)7(8)3-1-6-10(13)14/h2,4-5H,1,3,6H2,(H,13,14). The summed E-state index contributed by atoms with van der Waals surface area (Å²) in [5.41, 5.74) is 0.550. The molecule has 76 valence electrons. The summed E-state index contributed by atoms with van der Waals surface area (Å²) in [4.78, 5) is 10.3. The topological polar surface area (TPSA) is 37.3 Å². The summed E-state index contributed by atoms with van der Waals surface area (Å²) in [6.45, 7) is 0. The maximum atomic E-state index is 13.2. The number of aliphatic carboxylic acids is 1. The molecule has 0 bridgehead atoms. The minimum atomic E-state index is -0.850. The van der Waals surface area contributed by atoms with E-state index < -0.39 is 5.97 Å². The van der Waals surface area contributed by atoms with Crippen LogP contribution in [0.3, 0.4) is 0 Å². The number of halogens is 2. The van der Waals surface area contributed by atoms with Crippen LogP contribution in [0.2, 0.25) is 0 Å². The molecule has 1 aromatic carbocycles. The number of hydrogen-bond donors (Lipinski definition) is 1. The zero-order valence-corrected chi connectivity index (χ0v) is 9.05. The molecule has 1 N–H and O–H groups in total. The van der Waals surface area contributed by atoms with E-state index >= 15 is 0 Å². The third kappa shape index (κ3) is 3.10. The molecule has 0 spiro atoms. The van der Waals surface area contributed by atoms with Crippen LogP contribution in [-0.2, 0) is 11.2 Å². The number of rotatable bonds is 4. The SMILES string of the molecule is O=C(O)CCCc1c(F)cccc1Br. The van der Waals surface area contributed by atoms with Crippen molar-refractivity contribution < 1.29 is 14.3 Å². The average molecular weight is 261 g/mol. The van der Waals surface area contributed by atoms with Crippen molar-refractivity contribution in [1.82, 2.24) is 0 Å². The van der Waals surface area contributed by atoms with Crippen LogP contribution in [0.15, 0.2) is 22.7 Å². The second-order valence-electron chi connectivity index (χ2n) is 2.95. The van der Waals surface area contributed by atoms with E-state index in [0.717, 1.165) is 0 Å². The Bertz CT molecular complexity index is 319. The van der Waals surface area contributed by atoms with Crippen molar-refractivity contribution >= 4 is 21.9 Å². The van der Waals surface area contributed by atoms with Crippen LogP contribution in [-0.4, -0.2) is 11.1 Å². The lowest BCUT2D eigenvalue weighted by atomic mass is 10.1. The summed E-state index contributed by atoms with van der Waals surface area (Å²) in [5.74, 6) is -1.14. The van der Waals surface area contributed by atoms with Crippen molar-refractivity contribution in [2.45, 2.75) is 19.3 Å². The molecule has 0 unspecified atom stereocenters. The van der Waals surface area contributed by atoms with Gasteiger partial charge < -0.3 is 5.11 Å². The third-order valence-electron chi connectivity index (χ3n) is 1.88. The van der Waals surface area contributed by atoms with Gasteiger partial charge in [-0.05, 0) is 25.0 Å². The third-order valence-corrected chi connectivity index (χ3v) is 2.62. The number of benzene rings is 1. The minimum Gasteiger partial charge on any atom is -0.481 e. The molecular weight excluding hydrogens is 251 g/mol. The first kappa shape index (κ1) is 11.2. The monoisotopic (exact) mass is 260 g/mol. The van der Waals surface area contributed by atoms with Gasteiger partial charge in [-0.1, -0.05) is 22.0 Å². The average Bonchev–Trinajstić information content (AvgIpc) is 2.09. The highest BCUT2D eigenvalue weighted by atomic mass is 79.9. The Labute approximate surface area is 89.9 Å². The van der Waals surface area contributed by atoms with Crippen LogP contribution < -0.4 is 0 Å². The second-order valence-corrected chi connectivity index (χ2v) is 3.80. The lowest BCUT2D eigenvalue weighted by molar-refractivity contribution is -0.137. The van der Waals surface area contributed by atoms with Crippen LogP contribution in [0.1, 0.15) is 18.4 Å². The maximum Gasteiger partial charge on any atom is 0.303 e. The van der Waals surface area contributed by atoms with E-state index in [4.69, 9.17) is 5.11 Å². The Morgan fingerprint density at radius 3 is 2.79 bits per heavy atom. The van der Waals surface area contributed by atoms with Crippen LogP contribution in [0.25, 0.3) is 0 Å². The van der Waals surface area contributed by atoms with Gasteiger partial charge in [0.25, 0.3) is 0 Å². The lowest BCUT2D eigenvalue weighted by Crippen LogP contribution is -1.98. The molecule has 0 aliphatic carbocycles. The Hall–Kier alpha value is -0.900. The van der Waals surface area contributed by atoms with Crippen molar-refractivity contribution in [2.75, 3.05) is 0 Å². The Morgan fingerprint density at radius 1 is 1.50 bits per heavy atom. The molecule has 4 heteroatoms. The van der Waals surface area contributed by atoms with Gasteiger partial charge in [-0.3, -0.25) is 4.79 Å². The number of carbonyl (C=O) groups is 1. The maximum absolute atomic E-state index is 13.2. The van der Waals surface area contributed by atoms with Crippen LogP contribution in [0, 0.1) is 5.82 Å². The molecule has 2 nitrogen and oxygen atoms in total. The van der Waals surface area contributed by atoms with Gasteiger partial charge in [-0.2, -0.15) is 0 Å². The number of hydrogen-bond acceptors (Lipinski definition) is 1. The zero-order chi connectivity index (χ0) is 10.6. The van der Waals surface area contributed by atoms with Gasteiger partial charge >= 0.3 is 5.97 Å². The highest BCUT2D eigenvalue weighted by Gasteiger charge is 2.06. The van der Waals surface area contributed by atoms with E-state index in [9.17, 15) is 9.18 Å². The smallest absolute Gasteiger partial charge is 0.303 e. The summed E-state index contributed by atoms with van der Waals surface area (Å²) < 4.78 is 13.9. The van der Waals surface area contributed by atoms with E-state index in [-0.39, 0.29) is 12.2 Å².